The van der Waals surface area contributed by atoms with E-state index in [9.17, 15) is 27.5 Å². The highest BCUT2D eigenvalue weighted by Crippen LogP contribution is 2.46. The number of rotatable bonds is 5. The van der Waals surface area contributed by atoms with Gasteiger partial charge in [0.05, 0.1) is 0 Å². The quantitative estimate of drug-likeness (QED) is 0.752. The molecule has 0 saturated carbocycles. The first-order valence-corrected chi connectivity index (χ1v) is 9.78. The lowest BCUT2D eigenvalue weighted by atomic mass is 9.76. The molecule has 0 bridgehead atoms. The van der Waals surface area contributed by atoms with E-state index in [4.69, 9.17) is 0 Å². The number of hydrogen-bond donors (Lipinski definition) is 1. The number of likely N-dealkylation sites (N-methyl/N-ethyl adjacent to an activating group) is 1. The number of ketones is 1. The largest absolute Gasteiger partial charge is 0.420 e. The highest BCUT2D eigenvalue weighted by atomic mass is 19.4. The minimum atomic E-state index is -5.09. The monoisotopic (exact) mass is 409 g/mol. The maximum Gasteiger partial charge on any atom is 0.420 e. The van der Waals surface area contributed by atoms with E-state index in [1.165, 1.54) is 16.7 Å². The lowest BCUT2D eigenvalue weighted by molar-refractivity contribution is -0.198. The van der Waals surface area contributed by atoms with Crippen LogP contribution >= 0.6 is 0 Å². The van der Waals surface area contributed by atoms with Gasteiger partial charge in [0.2, 0.25) is 6.17 Å². The number of fused-ring (bicyclic) bond motifs is 2. The van der Waals surface area contributed by atoms with Gasteiger partial charge in [0.1, 0.15) is 5.78 Å². The summed E-state index contributed by atoms with van der Waals surface area (Å²) in [4.78, 5) is 14.8. The molecule has 1 aliphatic heterocycles. The summed E-state index contributed by atoms with van der Waals surface area (Å²) in [6.07, 6.45) is -3.11. The Bertz CT molecular complexity index is 889. The molecule has 0 spiro atoms. The fourth-order valence-corrected chi connectivity index (χ4v) is 4.84. The first-order valence-electron chi connectivity index (χ1n) is 9.78. The third-order valence-electron chi connectivity index (χ3n) is 6.36. The Labute approximate surface area is 166 Å². The molecule has 0 amide bonds. The van der Waals surface area contributed by atoms with Crippen LogP contribution in [0.2, 0.25) is 0 Å². The van der Waals surface area contributed by atoms with Crippen LogP contribution in [0.5, 0.6) is 0 Å². The van der Waals surface area contributed by atoms with Gasteiger partial charge in [-0.1, -0.05) is 30.4 Å². The van der Waals surface area contributed by atoms with Gasteiger partial charge in [0.25, 0.3) is 0 Å². The third kappa shape index (κ3) is 3.55. The Hall–Kier alpha value is -1.99. The van der Waals surface area contributed by atoms with E-state index in [0.717, 1.165) is 24.0 Å². The van der Waals surface area contributed by atoms with Crippen molar-refractivity contribution < 1.29 is 27.5 Å². The van der Waals surface area contributed by atoms with E-state index >= 15 is 0 Å². The smallest absolute Gasteiger partial charge is 0.396 e. The van der Waals surface area contributed by atoms with E-state index in [0.29, 0.717) is 6.54 Å². The van der Waals surface area contributed by atoms with Crippen LogP contribution in [0, 0.1) is 11.8 Å². The summed E-state index contributed by atoms with van der Waals surface area (Å²) in [7, 11) is 1.90. The predicted molar refractivity (Wildman–Crippen MR) is 102 cm³/mol. The van der Waals surface area contributed by atoms with Crippen molar-refractivity contribution in [2.75, 3.05) is 20.2 Å². The number of aliphatic hydroxyl groups excluding tert-OH is 1. The molecule has 1 aromatic rings. The first kappa shape index (κ1) is 20.3. The van der Waals surface area contributed by atoms with Gasteiger partial charge in [-0.05, 0) is 47.7 Å². The molecule has 1 heterocycles. The average Bonchev–Trinajstić information content (AvgIpc) is 3.09. The van der Waals surface area contributed by atoms with Crippen LogP contribution in [-0.2, 0) is 11.2 Å². The summed E-state index contributed by atoms with van der Waals surface area (Å²) >= 11 is 0. The summed E-state index contributed by atoms with van der Waals surface area (Å²) in [6.45, 7) is -0.648. The van der Waals surface area contributed by atoms with Crippen LogP contribution in [0.4, 0.5) is 17.6 Å². The SMILES string of the molecule is CN1CC(C(=O)CC(CO)C(F)C(F)(F)F)C=C2c3cccc4c3C(=CC4)CC21. The van der Waals surface area contributed by atoms with E-state index < -0.39 is 43.0 Å². The maximum atomic E-state index is 13.7. The first-order chi connectivity index (χ1) is 13.7. The molecule has 0 saturated heterocycles. The molecule has 0 aromatic heterocycles. The highest BCUT2D eigenvalue weighted by molar-refractivity contribution is 5.93. The molecule has 1 aromatic carbocycles. The molecule has 29 heavy (non-hydrogen) atoms. The van der Waals surface area contributed by atoms with Gasteiger partial charge in [-0.25, -0.2) is 4.39 Å². The highest BCUT2D eigenvalue weighted by Gasteiger charge is 2.46. The maximum absolute atomic E-state index is 13.7. The number of halogens is 4. The van der Waals surface area contributed by atoms with Crippen LogP contribution in [0.15, 0.2) is 30.4 Å². The fourth-order valence-electron chi connectivity index (χ4n) is 4.84. The van der Waals surface area contributed by atoms with Crippen molar-refractivity contribution in [3.63, 3.8) is 0 Å². The average molecular weight is 409 g/mol. The molecular weight excluding hydrogens is 386 g/mol. The molecule has 7 heteroatoms. The van der Waals surface area contributed by atoms with Crippen molar-refractivity contribution in [3.8, 4) is 0 Å². The molecule has 156 valence electrons. The Kier molecular flexibility index (Phi) is 5.15. The Balaban J connectivity index is 1.61. The summed E-state index contributed by atoms with van der Waals surface area (Å²) in [5.74, 6) is -2.86. The van der Waals surface area contributed by atoms with E-state index in [2.05, 4.69) is 17.0 Å². The minimum Gasteiger partial charge on any atom is -0.396 e. The molecule has 3 nitrogen and oxygen atoms in total. The van der Waals surface area contributed by atoms with Crippen LogP contribution in [0.1, 0.15) is 29.5 Å². The molecular formula is C22H23F4NO2. The second-order valence-electron chi connectivity index (χ2n) is 8.22. The second-order valence-corrected chi connectivity index (χ2v) is 8.22. The number of carbonyl (C=O) groups excluding carboxylic acids is 1. The minimum absolute atomic E-state index is 0.115. The van der Waals surface area contributed by atoms with Crippen LogP contribution < -0.4 is 0 Å². The third-order valence-corrected chi connectivity index (χ3v) is 6.36. The molecule has 0 radical (unpaired) electrons. The topological polar surface area (TPSA) is 40.5 Å². The van der Waals surface area contributed by atoms with Gasteiger partial charge < -0.3 is 5.11 Å². The molecule has 3 aliphatic rings. The summed E-state index contributed by atoms with van der Waals surface area (Å²) in [6, 6.07) is 6.21. The molecule has 2 aliphatic carbocycles. The van der Waals surface area contributed by atoms with Crippen molar-refractivity contribution in [2.24, 2.45) is 11.8 Å². The Morgan fingerprint density at radius 1 is 1.34 bits per heavy atom. The summed E-state index contributed by atoms with van der Waals surface area (Å²) in [5.41, 5.74) is 5.86. The zero-order valence-electron chi connectivity index (χ0n) is 16.0. The molecule has 4 rings (SSSR count). The number of aliphatic hydroxyl groups is 1. The summed E-state index contributed by atoms with van der Waals surface area (Å²) in [5, 5.41) is 9.22. The van der Waals surface area contributed by atoms with Gasteiger partial charge in [-0.15, -0.1) is 0 Å². The molecule has 4 unspecified atom stereocenters. The van der Waals surface area contributed by atoms with Gasteiger partial charge in [0.15, 0.2) is 0 Å². The van der Waals surface area contributed by atoms with Crippen molar-refractivity contribution in [2.45, 2.75) is 37.7 Å². The van der Waals surface area contributed by atoms with Gasteiger partial charge in [0, 0.05) is 37.5 Å². The number of hydrogen-bond acceptors (Lipinski definition) is 3. The normalized spacial score (nSPS) is 25.6. The van der Waals surface area contributed by atoms with Gasteiger partial charge in [-0.3, -0.25) is 9.69 Å². The van der Waals surface area contributed by atoms with Crippen molar-refractivity contribution >= 4 is 16.9 Å². The van der Waals surface area contributed by atoms with Gasteiger partial charge >= 0.3 is 6.18 Å². The van der Waals surface area contributed by atoms with Gasteiger partial charge in [-0.2, -0.15) is 13.2 Å². The number of alkyl halides is 4. The molecule has 0 fully saturated rings. The van der Waals surface area contributed by atoms with Crippen molar-refractivity contribution in [3.05, 3.63) is 47.0 Å². The van der Waals surface area contributed by atoms with E-state index in [1.54, 1.807) is 0 Å². The number of nitrogens with zero attached hydrogens (tertiary/aromatic N) is 1. The van der Waals surface area contributed by atoms with Crippen LogP contribution in [0.25, 0.3) is 11.1 Å². The number of allylic oxidation sites excluding steroid dienone is 1. The van der Waals surface area contributed by atoms with E-state index in [1.807, 2.05) is 25.3 Å². The zero-order chi connectivity index (χ0) is 20.9. The number of carbonyl (C=O) groups is 1. The Morgan fingerprint density at radius 2 is 2.10 bits per heavy atom. The standard InChI is InChI=1S/C22H23F4NO2/c1-27-10-14(19(29)9-15(11-28)21(23)22(24,25)26)7-17-16-4-2-3-12-5-6-13(20(12)16)8-18(17)27/h2-4,6-7,14-15,18,21,28H,5,8-11H2,1H3. The van der Waals surface area contributed by atoms with E-state index in [-0.39, 0.29) is 6.04 Å². The lowest BCUT2D eigenvalue weighted by Crippen LogP contribution is -2.44. The molecule has 4 atom stereocenters. The molecule has 1 N–H and O–H groups in total. The number of benzene rings is 1. The van der Waals surface area contributed by atoms with Crippen LogP contribution in [0.3, 0.4) is 0 Å². The summed E-state index contributed by atoms with van der Waals surface area (Å²) < 4.78 is 51.7. The Morgan fingerprint density at radius 3 is 2.79 bits per heavy atom. The number of Topliss-reactive ketones (excluding diaryl/α,β-unsaturated/α-hetero) is 1. The van der Waals surface area contributed by atoms with Crippen LogP contribution in [-0.4, -0.2) is 54.4 Å². The predicted octanol–water partition coefficient (Wildman–Crippen LogP) is 3.81. The lowest BCUT2D eigenvalue weighted by Gasteiger charge is -2.41. The second kappa shape index (κ2) is 7.36. The fraction of sp³-hybridized carbons (Fsp3) is 0.500. The van der Waals surface area contributed by atoms with Crippen molar-refractivity contribution in [1.82, 2.24) is 4.90 Å². The van der Waals surface area contributed by atoms with Crippen molar-refractivity contribution in [1.29, 1.82) is 0 Å². The zero-order valence-corrected chi connectivity index (χ0v) is 16.0.